The summed E-state index contributed by atoms with van der Waals surface area (Å²) < 4.78 is 0. The van der Waals surface area contributed by atoms with Crippen LogP contribution in [-0.4, -0.2) is 0 Å². The zero-order valence-corrected chi connectivity index (χ0v) is 12.4. The van der Waals surface area contributed by atoms with Crippen molar-refractivity contribution in [2.24, 2.45) is 0 Å². The van der Waals surface area contributed by atoms with Gasteiger partial charge in [-0.15, -0.1) is 0 Å². The number of rotatable bonds is 5. The van der Waals surface area contributed by atoms with Crippen LogP contribution in [0.2, 0.25) is 0 Å². The van der Waals surface area contributed by atoms with Gasteiger partial charge in [-0.25, -0.2) is 0 Å². The maximum absolute atomic E-state index is 3.69. The van der Waals surface area contributed by atoms with E-state index >= 15 is 0 Å². The summed E-state index contributed by atoms with van der Waals surface area (Å²) >= 11 is 0. The third-order valence-electron chi connectivity index (χ3n) is 3.87. The first-order valence-electron chi connectivity index (χ1n) is 7.67. The molecule has 0 saturated carbocycles. The molecule has 0 amide bonds. The molecule has 0 saturated heterocycles. The predicted molar refractivity (Wildman–Crippen MR) is 91.7 cm³/mol. The van der Waals surface area contributed by atoms with Crippen LogP contribution >= 0.6 is 0 Å². The number of anilines is 1. The summed E-state index contributed by atoms with van der Waals surface area (Å²) in [5.74, 6) is 0. The fraction of sp³-hybridized carbons (Fsp3) is 0.200. The molecule has 1 atom stereocenters. The van der Waals surface area contributed by atoms with Gasteiger partial charge in [0.15, 0.2) is 0 Å². The van der Waals surface area contributed by atoms with Crippen molar-refractivity contribution >= 4 is 16.5 Å². The molecule has 0 aromatic heterocycles. The average Bonchev–Trinajstić information content (AvgIpc) is 2.55. The van der Waals surface area contributed by atoms with Crippen molar-refractivity contribution in [3.05, 3.63) is 78.4 Å². The third kappa shape index (κ3) is 3.25. The number of benzene rings is 3. The highest BCUT2D eigenvalue weighted by atomic mass is 14.9. The predicted octanol–water partition coefficient (Wildman–Crippen LogP) is 5.79. The summed E-state index contributed by atoms with van der Waals surface area (Å²) in [6.45, 7) is 2.23. The molecule has 0 bridgehead atoms. The highest BCUT2D eigenvalue weighted by molar-refractivity contribution is 5.85. The van der Waals surface area contributed by atoms with E-state index in [-0.39, 0.29) is 0 Å². The van der Waals surface area contributed by atoms with E-state index in [9.17, 15) is 0 Å². The second-order valence-corrected chi connectivity index (χ2v) is 5.46. The van der Waals surface area contributed by atoms with Crippen molar-refractivity contribution in [3.63, 3.8) is 0 Å². The van der Waals surface area contributed by atoms with E-state index < -0.39 is 0 Å². The highest BCUT2D eigenvalue weighted by Gasteiger charge is 2.10. The van der Waals surface area contributed by atoms with Crippen LogP contribution in [0.25, 0.3) is 10.8 Å². The van der Waals surface area contributed by atoms with Gasteiger partial charge < -0.3 is 5.32 Å². The Kier molecular flexibility index (Phi) is 4.20. The molecule has 1 heteroatoms. The normalized spacial score (nSPS) is 12.2. The SMILES string of the molecule is CCCC(Nc1ccc2ccccc2c1)c1ccccc1. The van der Waals surface area contributed by atoms with E-state index in [0.29, 0.717) is 6.04 Å². The molecule has 3 aromatic rings. The minimum Gasteiger partial charge on any atom is -0.378 e. The summed E-state index contributed by atoms with van der Waals surface area (Å²) in [6.07, 6.45) is 2.30. The van der Waals surface area contributed by atoms with Gasteiger partial charge in [0, 0.05) is 5.69 Å². The zero-order chi connectivity index (χ0) is 14.5. The lowest BCUT2D eigenvalue weighted by atomic mass is 10.0. The van der Waals surface area contributed by atoms with Gasteiger partial charge in [0.25, 0.3) is 0 Å². The van der Waals surface area contributed by atoms with E-state index in [1.54, 1.807) is 0 Å². The van der Waals surface area contributed by atoms with E-state index in [1.807, 2.05) is 0 Å². The summed E-state index contributed by atoms with van der Waals surface area (Å²) in [6, 6.07) is 26.2. The van der Waals surface area contributed by atoms with Crippen molar-refractivity contribution < 1.29 is 0 Å². The molecule has 1 unspecified atom stereocenters. The Hall–Kier alpha value is -2.28. The van der Waals surface area contributed by atoms with Crippen LogP contribution in [0, 0.1) is 0 Å². The first kappa shape index (κ1) is 13.7. The fourth-order valence-electron chi connectivity index (χ4n) is 2.78. The molecule has 0 aliphatic rings. The van der Waals surface area contributed by atoms with Crippen LogP contribution in [0.4, 0.5) is 5.69 Å². The van der Waals surface area contributed by atoms with E-state index in [0.717, 1.165) is 6.42 Å². The average molecular weight is 275 g/mol. The molecule has 21 heavy (non-hydrogen) atoms. The Morgan fingerprint density at radius 2 is 1.52 bits per heavy atom. The molecular weight excluding hydrogens is 254 g/mol. The second-order valence-electron chi connectivity index (χ2n) is 5.46. The van der Waals surface area contributed by atoms with Gasteiger partial charge in [-0.05, 0) is 34.9 Å². The smallest absolute Gasteiger partial charge is 0.0513 e. The van der Waals surface area contributed by atoms with Gasteiger partial charge in [0.1, 0.15) is 0 Å². The zero-order valence-electron chi connectivity index (χ0n) is 12.4. The topological polar surface area (TPSA) is 12.0 Å². The van der Waals surface area contributed by atoms with Crippen molar-refractivity contribution in [2.75, 3.05) is 5.32 Å². The maximum atomic E-state index is 3.69. The van der Waals surface area contributed by atoms with Crippen LogP contribution in [0.5, 0.6) is 0 Å². The van der Waals surface area contributed by atoms with Gasteiger partial charge in [-0.3, -0.25) is 0 Å². The summed E-state index contributed by atoms with van der Waals surface area (Å²) in [5.41, 5.74) is 2.54. The van der Waals surface area contributed by atoms with Gasteiger partial charge in [-0.1, -0.05) is 74.0 Å². The lowest BCUT2D eigenvalue weighted by Gasteiger charge is -2.20. The number of fused-ring (bicyclic) bond motifs is 1. The Bertz CT molecular complexity index is 703. The second kappa shape index (κ2) is 6.45. The standard InChI is InChI=1S/C20H21N/c1-2-8-20(17-10-4-3-5-11-17)21-19-14-13-16-9-6-7-12-18(16)15-19/h3-7,9-15,20-21H,2,8H2,1H3. The van der Waals surface area contributed by atoms with Crippen LogP contribution in [0.15, 0.2) is 72.8 Å². The quantitative estimate of drug-likeness (QED) is 0.621. The Morgan fingerprint density at radius 3 is 2.29 bits per heavy atom. The Balaban J connectivity index is 1.87. The van der Waals surface area contributed by atoms with Crippen molar-refractivity contribution in [1.82, 2.24) is 0 Å². The summed E-state index contributed by atoms with van der Waals surface area (Å²) in [7, 11) is 0. The number of nitrogens with one attached hydrogen (secondary N) is 1. The molecule has 0 spiro atoms. The van der Waals surface area contributed by atoms with Crippen LogP contribution in [0.1, 0.15) is 31.4 Å². The van der Waals surface area contributed by atoms with E-state index in [2.05, 4.69) is 85.0 Å². The third-order valence-corrected chi connectivity index (χ3v) is 3.87. The molecule has 0 fully saturated rings. The minimum atomic E-state index is 0.373. The van der Waals surface area contributed by atoms with E-state index in [4.69, 9.17) is 0 Å². The van der Waals surface area contributed by atoms with Gasteiger partial charge >= 0.3 is 0 Å². The molecule has 0 aliphatic carbocycles. The summed E-state index contributed by atoms with van der Waals surface area (Å²) in [4.78, 5) is 0. The van der Waals surface area contributed by atoms with Crippen molar-refractivity contribution in [3.8, 4) is 0 Å². The maximum Gasteiger partial charge on any atom is 0.0513 e. The Morgan fingerprint density at radius 1 is 0.810 bits per heavy atom. The molecule has 106 valence electrons. The minimum absolute atomic E-state index is 0.373. The number of hydrogen-bond donors (Lipinski definition) is 1. The van der Waals surface area contributed by atoms with Crippen LogP contribution in [0.3, 0.4) is 0 Å². The largest absolute Gasteiger partial charge is 0.378 e. The molecule has 3 aromatic carbocycles. The molecular formula is C20H21N. The lowest BCUT2D eigenvalue weighted by Crippen LogP contribution is -2.10. The summed E-state index contributed by atoms with van der Waals surface area (Å²) in [5, 5.41) is 6.26. The van der Waals surface area contributed by atoms with Gasteiger partial charge in [-0.2, -0.15) is 0 Å². The number of hydrogen-bond acceptors (Lipinski definition) is 1. The van der Waals surface area contributed by atoms with Crippen molar-refractivity contribution in [2.45, 2.75) is 25.8 Å². The van der Waals surface area contributed by atoms with Crippen molar-refractivity contribution in [1.29, 1.82) is 0 Å². The first-order chi connectivity index (χ1) is 10.4. The molecule has 0 heterocycles. The monoisotopic (exact) mass is 275 g/mol. The molecule has 0 radical (unpaired) electrons. The Labute approximate surface area is 126 Å². The lowest BCUT2D eigenvalue weighted by molar-refractivity contribution is 0.678. The van der Waals surface area contributed by atoms with Gasteiger partial charge in [0.05, 0.1) is 6.04 Å². The highest BCUT2D eigenvalue weighted by Crippen LogP contribution is 2.26. The van der Waals surface area contributed by atoms with Gasteiger partial charge in [0.2, 0.25) is 0 Å². The van der Waals surface area contributed by atoms with E-state index in [1.165, 1.54) is 28.4 Å². The fourth-order valence-corrected chi connectivity index (χ4v) is 2.78. The first-order valence-corrected chi connectivity index (χ1v) is 7.67. The van der Waals surface area contributed by atoms with Crippen LogP contribution < -0.4 is 5.32 Å². The molecule has 3 rings (SSSR count). The van der Waals surface area contributed by atoms with Crippen LogP contribution in [-0.2, 0) is 0 Å². The molecule has 0 aliphatic heterocycles. The molecule has 1 nitrogen and oxygen atoms in total. The molecule has 1 N–H and O–H groups in total.